The largest absolute Gasteiger partial charge is 0.457 e. The van der Waals surface area contributed by atoms with Crippen molar-refractivity contribution in [2.45, 2.75) is 25.5 Å². The van der Waals surface area contributed by atoms with Crippen LogP contribution in [0.3, 0.4) is 0 Å². The normalized spacial score (nSPS) is 20.5. The Morgan fingerprint density at radius 1 is 0.884 bits per heavy atom. The zero-order chi connectivity index (χ0) is 29.6. The summed E-state index contributed by atoms with van der Waals surface area (Å²) in [5.74, 6) is 1.01. The average molecular weight is 589 g/mol. The Hall–Kier alpha value is -4.33. The number of hydrogen-bond acceptors (Lipinski definition) is 10. The van der Waals surface area contributed by atoms with Gasteiger partial charge in [-0.05, 0) is 55.5 Å². The summed E-state index contributed by atoms with van der Waals surface area (Å²) in [6.07, 6.45) is 0.685. The molecule has 3 N–H and O–H groups in total. The van der Waals surface area contributed by atoms with Crippen molar-refractivity contribution < 1.29 is 23.8 Å². The van der Waals surface area contributed by atoms with Gasteiger partial charge in [0.05, 0.1) is 32.5 Å². The van der Waals surface area contributed by atoms with E-state index in [1.165, 1.54) is 0 Å². The number of ether oxygens (including phenoxy) is 3. The lowest BCUT2D eigenvalue weighted by atomic mass is 10.1. The molecule has 1 aromatic heterocycles. The van der Waals surface area contributed by atoms with Crippen LogP contribution in [0.1, 0.15) is 23.7 Å². The zero-order valence-electron chi connectivity index (χ0n) is 24.1. The number of piperazine rings is 1. The van der Waals surface area contributed by atoms with Crippen LogP contribution in [0.4, 0.5) is 22.1 Å². The number of urea groups is 1. The molecule has 4 heterocycles. The molecule has 3 aliphatic heterocycles. The third kappa shape index (κ3) is 7.19. The lowest BCUT2D eigenvalue weighted by Crippen LogP contribution is -2.46. The average Bonchev–Trinajstić information content (AvgIpc) is 3.55. The molecule has 6 rings (SSSR count). The summed E-state index contributed by atoms with van der Waals surface area (Å²) in [6.45, 7) is 8.05. The molecule has 3 aromatic rings. The fourth-order valence-electron chi connectivity index (χ4n) is 5.18. The van der Waals surface area contributed by atoms with Gasteiger partial charge in [0.1, 0.15) is 6.10 Å². The Bertz CT molecular complexity index is 1410. The molecule has 0 aliphatic carbocycles. The Balaban J connectivity index is 1.11. The molecule has 43 heavy (non-hydrogen) atoms. The van der Waals surface area contributed by atoms with Gasteiger partial charge in [0.25, 0.3) is 5.91 Å². The number of rotatable bonds is 7. The van der Waals surface area contributed by atoms with Crippen molar-refractivity contribution in [3.63, 3.8) is 0 Å². The number of nitrogens with zero attached hydrogens (tertiary/aromatic N) is 5. The number of carbonyl (C=O) groups is 2. The van der Waals surface area contributed by atoms with Crippen molar-refractivity contribution in [2.75, 3.05) is 74.7 Å². The number of benzene rings is 2. The van der Waals surface area contributed by atoms with Crippen LogP contribution >= 0.6 is 0 Å². The molecule has 0 radical (unpaired) electrons. The number of morpholine rings is 1. The highest BCUT2D eigenvalue weighted by Gasteiger charge is 2.25. The van der Waals surface area contributed by atoms with Gasteiger partial charge in [-0.1, -0.05) is 0 Å². The van der Waals surface area contributed by atoms with Gasteiger partial charge in [-0.2, -0.15) is 15.0 Å². The Kier molecular flexibility index (Phi) is 8.91. The van der Waals surface area contributed by atoms with Gasteiger partial charge in [-0.25, -0.2) is 4.79 Å². The number of nitrogens with one attached hydrogen (secondary N) is 3. The van der Waals surface area contributed by atoms with Crippen LogP contribution in [0, 0.1) is 0 Å². The summed E-state index contributed by atoms with van der Waals surface area (Å²) < 4.78 is 17.1. The minimum atomic E-state index is -0.396. The first-order valence-corrected chi connectivity index (χ1v) is 14.7. The Morgan fingerprint density at radius 2 is 1.58 bits per heavy atom. The van der Waals surface area contributed by atoms with Gasteiger partial charge in [0, 0.05) is 61.6 Å². The molecule has 3 fully saturated rings. The van der Waals surface area contributed by atoms with E-state index < -0.39 is 6.03 Å². The van der Waals surface area contributed by atoms with E-state index in [0.29, 0.717) is 74.8 Å². The van der Waals surface area contributed by atoms with E-state index in [0.717, 1.165) is 25.1 Å². The zero-order valence-corrected chi connectivity index (χ0v) is 24.1. The van der Waals surface area contributed by atoms with E-state index in [2.05, 4.69) is 37.7 Å². The van der Waals surface area contributed by atoms with Crippen LogP contribution in [0.25, 0.3) is 11.4 Å². The Labute approximate surface area is 249 Å². The van der Waals surface area contributed by atoms with Crippen LogP contribution in [0.15, 0.2) is 48.5 Å². The molecule has 13 heteroatoms. The molecule has 0 saturated carbocycles. The van der Waals surface area contributed by atoms with Crippen LogP contribution in [0.2, 0.25) is 0 Å². The van der Waals surface area contributed by atoms with E-state index in [-0.39, 0.29) is 24.1 Å². The SMILES string of the molecule is C[C@H]1COCCN1c1nc(OC2CCOC2)nc(-c2ccc(NC(=O)Nc3ccc(C(=O)N4CCNCC4)cc3)cc2)n1. The minimum Gasteiger partial charge on any atom is -0.457 e. The van der Waals surface area contributed by atoms with Gasteiger partial charge in [-0.3, -0.25) is 4.79 Å². The summed E-state index contributed by atoms with van der Waals surface area (Å²) in [5, 5.41) is 8.89. The first-order valence-electron chi connectivity index (χ1n) is 14.7. The van der Waals surface area contributed by atoms with Crippen molar-refractivity contribution in [1.29, 1.82) is 0 Å². The first kappa shape index (κ1) is 28.8. The monoisotopic (exact) mass is 588 g/mol. The standard InChI is InChI=1S/C30H36N8O5/c1-20-18-42-17-15-38(20)28-34-26(35-30(36-28)43-25-10-16-41-19-25)21-2-6-23(7-3-21)32-29(40)33-24-8-4-22(5-9-24)27(39)37-13-11-31-12-14-37/h2-9,20,25,31H,10-19H2,1H3,(H2,32,33,40)/t20-,25?/m0/s1. The highest BCUT2D eigenvalue weighted by molar-refractivity contribution is 6.00. The Morgan fingerprint density at radius 3 is 2.26 bits per heavy atom. The predicted octanol–water partition coefficient (Wildman–Crippen LogP) is 2.62. The molecule has 226 valence electrons. The third-order valence-electron chi connectivity index (χ3n) is 7.58. The number of aromatic nitrogens is 3. The summed E-state index contributed by atoms with van der Waals surface area (Å²) in [7, 11) is 0. The maximum absolute atomic E-state index is 12.7. The van der Waals surface area contributed by atoms with Gasteiger partial charge in [0.2, 0.25) is 5.95 Å². The summed E-state index contributed by atoms with van der Waals surface area (Å²) in [6, 6.07) is 14.1. The van der Waals surface area contributed by atoms with E-state index in [9.17, 15) is 9.59 Å². The van der Waals surface area contributed by atoms with Crippen molar-refractivity contribution in [2.24, 2.45) is 0 Å². The number of hydrogen-bond donors (Lipinski definition) is 3. The van der Waals surface area contributed by atoms with Crippen LogP contribution in [-0.4, -0.2) is 103 Å². The second-order valence-electron chi connectivity index (χ2n) is 10.7. The van der Waals surface area contributed by atoms with Gasteiger partial charge >= 0.3 is 12.0 Å². The highest BCUT2D eigenvalue weighted by atomic mass is 16.6. The summed E-state index contributed by atoms with van der Waals surface area (Å²) in [4.78, 5) is 43.3. The topological polar surface area (TPSA) is 143 Å². The number of carbonyl (C=O) groups excluding carboxylic acids is 2. The fraction of sp³-hybridized carbons (Fsp3) is 0.433. The molecule has 0 spiro atoms. The quantitative estimate of drug-likeness (QED) is 0.377. The molecule has 13 nitrogen and oxygen atoms in total. The molecule has 1 unspecified atom stereocenters. The predicted molar refractivity (Wildman–Crippen MR) is 161 cm³/mol. The van der Waals surface area contributed by atoms with Gasteiger partial charge in [-0.15, -0.1) is 0 Å². The van der Waals surface area contributed by atoms with Crippen LogP contribution < -0.4 is 25.6 Å². The smallest absolute Gasteiger partial charge is 0.323 e. The minimum absolute atomic E-state index is 0.00594. The molecular formula is C30H36N8O5. The molecular weight excluding hydrogens is 552 g/mol. The molecule has 2 atom stereocenters. The molecule has 3 saturated heterocycles. The van der Waals surface area contributed by atoms with E-state index in [4.69, 9.17) is 19.2 Å². The van der Waals surface area contributed by atoms with Gasteiger partial charge in [0.15, 0.2) is 5.82 Å². The van der Waals surface area contributed by atoms with Crippen molar-refractivity contribution >= 4 is 29.3 Å². The second kappa shape index (κ2) is 13.3. The van der Waals surface area contributed by atoms with E-state index in [1.54, 1.807) is 36.4 Å². The van der Waals surface area contributed by atoms with Crippen molar-refractivity contribution in [3.8, 4) is 17.4 Å². The highest BCUT2D eigenvalue weighted by Crippen LogP contribution is 2.25. The summed E-state index contributed by atoms with van der Waals surface area (Å²) in [5.41, 5.74) is 2.54. The molecule has 3 aliphatic rings. The maximum Gasteiger partial charge on any atom is 0.323 e. The second-order valence-corrected chi connectivity index (χ2v) is 10.7. The number of anilines is 3. The molecule has 3 amide bonds. The van der Waals surface area contributed by atoms with Crippen LogP contribution in [-0.2, 0) is 9.47 Å². The first-order chi connectivity index (χ1) is 21.0. The van der Waals surface area contributed by atoms with Crippen LogP contribution in [0.5, 0.6) is 6.01 Å². The lowest BCUT2D eigenvalue weighted by Gasteiger charge is -2.33. The van der Waals surface area contributed by atoms with E-state index in [1.807, 2.05) is 17.0 Å². The fourth-order valence-corrected chi connectivity index (χ4v) is 5.18. The third-order valence-corrected chi connectivity index (χ3v) is 7.58. The summed E-state index contributed by atoms with van der Waals surface area (Å²) >= 11 is 0. The van der Waals surface area contributed by atoms with Crippen molar-refractivity contribution in [3.05, 3.63) is 54.1 Å². The number of amides is 3. The van der Waals surface area contributed by atoms with Crippen molar-refractivity contribution in [1.82, 2.24) is 25.2 Å². The maximum atomic E-state index is 12.7. The molecule has 2 aromatic carbocycles. The lowest BCUT2D eigenvalue weighted by molar-refractivity contribution is 0.0736. The van der Waals surface area contributed by atoms with Gasteiger partial charge < -0.3 is 40.0 Å². The van der Waals surface area contributed by atoms with E-state index >= 15 is 0 Å². The molecule has 0 bridgehead atoms.